The van der Waals surface area contributed by atoms with Gasteiger partial charge in [0.2, 0.25) is 5.91 Å². The van der Waals surface area contributed by atoms with Crippen molar-refractivity contribution in [3.05, 3.63) is 54.3 Å². The van der Waals surface area contributed by atoms with Crippen LogP contribution in [0.2, 0.25) is 0 Å². The number of hydrogen-bond acceptors (Lipinski definition) is 6. The highest BCUT2D eigenvalue weighted by atomic mass is 32.2. The fraction of sp³-hybridized carbons (Fsp3) is 0.346. The van der Waals surface area contributed by atoms with E-state index in [1.54, 1.807) is 36.4 Å². The van der Waals surface area contributed by atoms with Gasteiger partial charge in [-0.25, -0.2) is 8.42 Å². The molecule has 0 spiro atoms. The molecule has 2 fully saturated rings. The number of nitrogens with zero attached hydrogens (tertiary/aromatic N) is 1. The highest BCUT2D eigenvalue weighted by molar-refractivity contribution is 7.90. The summed E-state index contributed by atoms with van der Waals surface area (Å²) < 4.78 is 29.3. The highest BCUT2D eigenvalue weighted by Crippen LogP contribution is 2.37. The van der Waals surface area contributed by atoms with E-state index >= 15 is 0 Å². The van der Waals surface area contributed by atoms with Crippen LogP contribution in [0.4, 0.5) is 0 Å². The number of amides is 2. The molecular weight excluding hydrogens is 466 g/mol. The summed E-state index contributed by atoms with van der Waals surface area (Å²) >= 11 is 0. The van der Waals surface area contributed by atoms with Crippen molar-refractivity contribution in [2.75, 3.05) is 6.26 Å². The zero-order valence-electron chi connectivity index (χ0n) is 19.3. The summed E-state index contributed by atoms with van der Waals surface area (Å²) in [6, 6.07) is 15.9. The minimum absolute atomic E-state index is 0.102. The van der Waals surface area contributed by atoms with E-state index in [0.29, 0.717) is 31.3 Å². The molecule has 1 heterocycles. The van der Waals surface area contributed by atoms with Crippen LogP contribution < -0.4 is 10.6 Å². The predicted octanol–water partition coefficient (Wildman–Crippen LogP) is 3.72. The molecular formula is C26H25N3O5S. The molecule has 0 atom stereocenters. The summed E-state index contributed by atoms with van der Waals surface area (Å²) in [5, 5.41) is 15.8. The zero-order chi connectivity index (χ0) is 24.8. The Morgan fingerprint density at radius 2 is 1.60 bits per heavy atom. The van der Waals surface area contributed by atoms with Crippen molar-refractivity contribution in [3.63, 3.8) is 0 Å². The second-order valence-electron chi connectivity index (χ2n) is 9.55. The Kier molecular flexibility index (Phi) is 5.44. The molecule has 2 aliphatic carbocycles. The third-order valence-electron chi connectivity index (χ3n) is 6.92. The Bertz CT molecular complexity index is 1470. The van der Waals surface area contributed by atoms with Crippen LogP contribution in [0.3, 0.4) is 0 Å². The standard InChI is InChI=1S/C26H25N3O5S/c1-35(32,33)20-8-6-17(7-9-20)18-4-5-19-15-22(34-21(19)14-18)23(30)28-26(10-2-3-11-26)24(31)29-25(16-27)12-13-25/h4-9,14-15H,2-3,10-13H2,1H3,(H,28,30)(H,29,31). The van der Waals surface area contributed by atoms with Gasteiger partial charge in [0.05, 0.1) is 11.0 Å². The van der Waals surface area contributed by atoms with Crippen molar-refractivity contribution in [1.82, 2.24) is 10.6 Å². The second-order valence-corrected chi connectivity index (χ2v) is 11.6. The maximum Gasteiger partial charge on any atom is 0.287 e. The van der Waals surface area contributed by atoms with Gasteiger partial charge in [0.15, 0.2) is 15.6 Å². The number of furan rings is 1. The number of benzene rings is 2. The monoisotopic (exact) mass is 491 g/mol. The van der Waals surface area contributed by atoms with E-state index < -0.39 is 26.8 Å². The van der Waals surface area contributed by atoms with Crippen LogP contribution in [0, 0.1) is 11.3 Å². The molecule has 180 valence electrons. The third kappa shape index (κ3) is 4.42. The van der Waals surface area contributed by atoms with E-state index in [9.17, 15) is 23.3 Å². The van der Waals surface area contributed by atoms with Crippen molar-refractivity contribution in [3.8, 4) is 17.2 Å². The van der Waals surface area contributed by atoms with E-state index in [2.05, 4.69) is 16.7 Å². The number of rotatable bonds is 6. The molecule has 2 aromatic carbocycles. The fourth-order valence-corrected chi connectivity index (χ4v) is 5.24. The molecule has 2 saturated carbocycles. The number of nitrogens with one attached hydrogen (secondary N) is 2. The molecule has 8 nitrogen and oxygen atoms in total. The molecule has 0 bridgehead atoms. The number of fused-ring (bicyclic) bond motifs is 1. The van der Waals surface area contributed by atoms with Gasteiger partial charge in [0.1, 0.15) is 16.7 Å². The SMILES string of the molecule is CS(=O)(=O)c1ccc(-c2ccc3cc(C(=O)NC4(C(=O)NC5(C#N)CC5)CCCC4)oc3c2)cc1. The number of hydrogen-bond donors (Lipinski definition) is 2. The Morgan fingerprint density at radius 3 is 2.20 bits per heavy atom. The average Bonchev–Trinajstić information content (AvgIpc) is 3.24. The molecule has 2 amide bonds. The summed E-state index contributed by atoms with van der Waals surface area (Å²) in [6.45, 7) is 0. The quantitative estimate of drug-likeness (QED) is 0.541. The lowest BCUT2D eigenvalue weighted by molar-refractivity contribution is -0.127. The van der Waals surface area contributed by atoms with Crippen LogP contribution in [0.1, 0.15) is 49.1 Å². The maximum absolute atomic E-state index is 13.1. The first-order chi connectivity index (χ1) is 16.6. The summed E-state index contributed by atoms with van der Waals surface area (Å²) in [7, 11) is -3.28. The van der Waals surface area contributed by atoms with Gasteiger partial charge < -0.3 is 15.1 Å². The summed E-state index contributed by atoms with van der Waals surface area (Å²) in [5.74, 6) is -0.678. The molecule has 1 aromatic heterocycles. The van der Waals surface area contributed by atoms with E-state index in [-0.39, 0.29) is 16.6 Å². The van der Waals surface area contributed by atoms with E-state index in [1.807, 2.05) is 12.1 Å². The van der Waals surface area contributed by atoms with E-state index in [0.717, 1.165) is 35.6 Å². The normalized spacial score (nSPS) is 18.1. The van der Waals surface area contributed by atoms with Crippen molar-refractivity contribution in [1.29, 1.82) is 5.26 Å². The van der Waals surface area contributed by atoms with E-state index in [1.165, 1.54) is 0 Å². The Morgan fingerprint density at radius 1 is 0.943 bits per heavy atom. The Balaban J connectivity index is 1.37. The second kappa shape index (κ2) is 8.24. The lowest BCUT2D eigenvalue weighted by Crippen LogP contribution is -2.59. The topological polar surface area (TPSA) is 129 Å². The molecule has 0 radical (unpaired) electrons. The largest absolute Gasteiger partial charge is 0.451 e. The van der Waals surface area contributed by atoms with Crippen LogP contribution in [-0.2, 0) is 14.6 Å². The van der Waals surface area contributed by atoms with Gasteiger partial charge in [-0.3, -0.25) is 9.59 Å². The van der Waals surface area contributed by atoms with Gasteiger partial charge in [-0.2, -0.15) is 5.26 Å². The average molecular weight is 492 g/mol. The fourth-order valence-electron chi connectivity index (χ4n) is 4.61. The van der Waals surface area contributed by atoms with Crippen LogP contribution >= 0.6 is 0 Å². The minimum Gasteiger partial charge on any atom is -0.451 e. The van der Waals surface area contributed by atoms with Gasteiger partial charge in [-0.15, -0.1) is 0 Å². The number of sulfone groups is 1. The molecule has 2 N–H and O–H groups in total. The smallest absolute Gasteiger partial charge is 0.287 e. The van der Waals surface area contributed by atoms with Gasteiger partial charge in [-0.1, -0.05) is 37.1 Å². The number of carbonyl (C=O) groups excluding carboxylic acids is 2. The summed E-state index contributed by atoms with van der Waals surface area (Å²) in [5.41, 5.74) is 0.291. The molecule has 35 heavy (non-hydrogen) atoms. The van der Waals surface area contributed by atoms with Crippen LogP contribution in [-0.4, -0.2) is 37.6 Å². The predicted molar refractivity (Wildman–Crippen MR) is 129 cm³/mol. The molecule has 5 rings (SSSR count). The van der Waals surface area contributed by atoms with Crippen molar-refractivity contribution < 1.29 is 22.4 Å². The lowest BCUT2D eigenvalue weighted by atomic mass is 9.95. The lowest BCUT2D eigenvalue weighted by Gasteiger charge is -2.29. The molecule has 0 saturated heterocycles. The molecule has 3 aromatic rings. The van der Waals surface area contributed by atoms with Gasteiger partial charge in [0.25, 0.3) is 5.91 Å². The molecule has 0 aliphatic heterocycles. The van der Waals surface area contributed by atoms with Gasteiger partial charge in [-0.05, 0) is 61.1 Å². The van der Waals surface area contributed by atoms with Crippen molar-refractivity contribution in [2.45, 2.75) is 54.5 Å². The molecule has 2 aliphatic rings. The van der Waals surface area contributed by atoms with E-state index in [4.69, 9.17) is 4.42 Å². The van der Waals surface area contributed by atoms with Crippen molar-refractivity contribution in [2.24, 2.45) is 0 Å². The number of nitriles is 1. The number of carbonyl (C=O) groups is 2. The zero-order valence-corrected chi connectivity index (χ0v) is 20.1. The minimum atomic E-state index is -3.28. The molecule has 9 heteroatoms. The van der Waals surface area contributed by atoms with Gasteiger partial charge >= 0.3 is 0 Å². The first-order valence-electron chi connectivity index (χ1n) is 11.5. The van der Waals surface area contributed by atoms with Crippen LogP contribution in [0.15, 0.2) is 57.8 Å². The molecule has 0 unspecified atom stereocenters. The summed E-state index contributed by atoms with van der Waals surface area (Å²) in [4.78, 5) is 26.4. The van der Waals surface area contributed by atoms with Gasteiger partial charge in [0, 0.05) is 11.6 Å². The first kappa shape index (κ1) is 23.1. The first-order valence-corrected chi connectivity index (χ1v) is 13.4. The summed E-state index contributed by atoms with van der Waals surface area (Å²) in [6.07, 6.45) is 5.07. The highest BCUT2D eigenvalue weighted by Gasteiger charge is 2.50. The Labute approximate surface area is 203 Å². The van der Waals surface area contributed by atoms with Crippen molar-refractivity contribution >= 4 is 32.6 Å². The third-order valence-corrected chi connectivity index (χ3v) is 8.05. The Hall–Kier alpha value is -3.64. The van der Waals surface area contributed by atoms with Crippen LogP contribution in [0.25, 0.3) is 22.1 Å². The van der Waals surface area contributed by atoms with Crippen LogP contribution in [0.5, 0.6) is 0 Å². The maximum atomic E-state index is 13.1.